The number of benzene rings is 1. The largest absolute Gasteiger partial charge is 0.478 e. The van der Waals surface area contributed by atoms with Gasteiger partial charge in [-0.1, -0.05) is 12.1 Å². The van der Waals surface area contributed by atoms with Crippen LogP contribution in [0.3, 0.4) is 0 Å². The van der Waals surface area contributed by atoms with Gasteiger partial charge in [-0.3, -0.25) is 0 Å². The van der Waals surface area contributed by atoms with E-state index in [0.717, 1.165) is 0 Å². The highest BCUT2D eigenvalue weighted by atomic mass is 16.4. The maximum atomic E-state index is 10.7. The van der Waals surface area contributed by atoms with E-state index in [1.54, 1.807) is 19.1 Å². The smallest absolute Gasteiger partial charge is 0.337 e. The van der Waals surface area contributed by atoms with Gasteiger partial charge in [0.1, 0.15) is 0 Å². The zero-order chi connectivity index (χ0) is 9.84. The lowest BCUT2D eigenvalue weighted by Crippen LogP contribution is -2.03. The zero-order valence-electron chi connectivity index (χ0n) is 6.94. The summed E-state index contributed by atoms with van der Waals surface area (Å²) in [6.07, 6.45) is 0. The monoisotopic (exact) mass is 180 g/mol. The van der Waals surface area contributed by atoms with Crippen molar-refractivity contribution >= 4 is 11.7 Å². The van der Waals surface area contributed by atoms with Crippen LogP contribution in [0, 0.1) is 11.8 Å². The Morgan fingerprint density at radius 2 is 2.23 bits per heavy atom. The molecule has 0 saturated carbocycles. The number of carbonyl (C=O) groups is 1. The molecular formula is C8H8N2O3. The number of aryl methyl sites for hydroxylation is 1. The molecule has 0 aliphatic rings. The molecule has 2 N–H and O–H groups in total. The second-order valence-electron chi connectivity index (χ2n) is 2.51. The van der Waals surface area contributed by atoms with E-state index in [2.05, 4.69) is 10.7 Å². The fraction of sp³-hybridized carbons (Fsp3) is 0.125. The van der Waals surface area contributed by atoms with Crippen molar-refractivity contribution in [3.63, 3.8) is 0 Å². The number of hydrogen-bond donors (Lipinski definition) is 2. The van der Waals surface area contributed by atoms with Crippen LogP contribution in [0.4, 0.5) is 5.69 Å². The molecule has 0 aliphatic carbocycles. The van der Waals surface area contributed by atoms with Crippen molar-refractivity contribution in [1.82, 2.24) is 0 Å². The average Bonchev–Trinajstić information content (AvgIpc) is 2.08. The van der Waals surface area contributed by atoms with Gasteiger partial charge in [-0.2, -0.15) is 0 Å². The number of carboxylic acids is 1. The molecular weight excluding hydrogens is 172 g/mol. The molecule has 0 aromatic heterocycles. The van der Waals surface area contributed by atoms with Gasteiger partial charge < -0.3 is 5.11 Å². The quantitative estimate of drug-likeness (QED) is 0.549. The molecule has 0 amide bonds. The third-order valence-electron chi connectivity index (χ3n) is 1.66. The maximum absolute atomic E-state index is 10.7. The molecule has 1 aromatic rings. The Labute approximate surface area is 74.3 Å². The summed E-state index contributed by atoms with van der Waals surface area (Å²) in [5.74, 6) is -1.09. The van der Waals surface area contributed by atoms with E-state index in [0.29, 0.717) is 5.56 Å². The molecule has 5 heteroatoms. The number of para-hydroxylation sites is 1. The first-order chi connectivity index (χ1) is 6.16. The average molecular weight is 180 g/mol. The van der Waals surface area contributed by atoms with Gasteiger partial charge >= 0.3 is 5.97 Å². The van der Waals surface area contributed by atoms with Crippen LogP contribution in [0.25, 0.3) is 0 Å². The van der Waals surface area contributed by atoms with Crippen LogP contribution in [0.2, 0.25) is 0 Å². The van der Waals surface area contributed by atoms with Crippen LogP contribution < -0.4 is 5.43 Å². The summed E-state index contributed by atoms with van der Waals surface area (Å²) in [6.45, 7) is 1.69. The van der Waals surface area contributed by atoms with Crippen molar-refractivity contribution in [1.29, 1.82) is 0 Å². The summed E-state index contributed by atoms with van der Waals surface area (Å²) in [5.41, 5.74) is 3.06. The van der Waals surface area contributed by atoms with Crippen molar-refractivity contribution < 1.29 is 9.90 Å². The Kier molecular flexibility index (Phi) is 2.59. The summed E-state index contributed by atoms with van der Waals surface area (Å²) in [5, 5.41) is 11.2. The topological polar surface area (TPSA) is 78.8 Å². The third-order valence-corrected chi connectivity index (χ3v) is 1.66. The van der Waals surface area contributed by atoms with E-state index < -0.39 is 5.97 Å². The van der Waals surface area contributed by atoms with E-state index >= 15 is 0 Å². The molecule has 68 valence electrons. The minimum absolute atomic E-state index is 0.0413. The van der Waals surface area contributed by atoms with Gasteiger partial charge in [0.15, 0.2) is 0 Å². The summed E-state index contributed by atoms with van der Waals surface area (Å²) in [4.78, 5) is 20.6. The Bertz CT molecular complexity index is 349. The highest BCUT2D eigenvalue weighted by Gasteiger charge is 2.11. The SMILES string of the molecule is Cc1cccc(C(=O)O)c1NN=O. The Hall–Kier alpha value is -1.91. The number of anilines is 1. The standard InChI is InChI=1S/C8H8N2O3/c1-5-3-2-4-6(8(11)12)7(5)9-10-13/h2-4H,1H3,(H,9,13)(H,11,12). The molecule has 0 spiro atoms. The van der Waals surface area contributed by atoms with E-state index in [4.69, 9.17) is 5.11 Å². The molecule has 0 fully saturated rings. The minimum Gasteiger partial charge on any atom is -0.478 e. The van der Waals surface area contributed by atoms with E-state index in [1.807, 2.05) is 0 Å². The number of rotatable bonds is 3. The number of hydrogen-bond acceptors (Lipinski definition) is 3. The molecule has 13 heavy (non-hydrogen) atoms. The number of aromatic carboxylic acids is 1. The van der Waals surface area contributed by atoms with E-state index in [1.165, 1.54) is 6.07 Å². The molecule has 0 saturated heterocycles. The fourth-order valence-electron chi connectivity index (χ4n) is 1.04. The Morgan fingerprint density at radius 3 is 2.77 bits per heavy atom. The first-order valence-corrected chi connectivity index (χ1v) is 3.58. The lowest BCUT2D eigenvalue weighted by atomic mass is 10.1. The summed E-state index contributed by atoms with van der Waals surface area (Å²) >= 11 is 0. The Morgan fingerprint density at radius 1 is 1.54 bits per heavy atom. The predicted molar refractivity (Wildman–Crippen MR) is 47.6 cm³/mol. The van der Waals surface area contributed by atoms with Crippen LogP contribution in [-0.2, 0) is 0 Å². The highest BCUT2D eigenvalue weighted by Crippen LogP contribution is 2.20. The molecule has 0 heterocycles. The van der Waals surface area contributed by atoms with Gasteiger partial charge in [-0.25, -0.2) is 10.2 Å². The predicted octanol–water partition coefficient (Wildman–Crippen LogP) is 1.79. The lowest BCUT2D eigenvalue weighted by molar-refractivity contribution is 0.0698. The van der Waals surface area contributed by atoms with Crippen LogP contribution >= 0.6 is 0 Å². The molecule has 0 aliphatic heterocycles. The normalized spacial score (nSPS) is 9.31. The number of carboxylic acid groups (broad SMARTS) is 1. The van der Waals surface area contributed by atoms with Crippen LogP contribution in [0.1, 0.15) is 15.9 Å². The molecule has 1 aromatic carbocycles. The van der Waals surface area contributed by atoms with Crippen LogP contribution in [0.15, 0.2) is 23.5 Å². The second kappa shape index (κ2) is 3.66. The van der Waals surface area contributed by atoms with Crippen molar-refractivity contribution in [3.05, 3.63) is 34.2 Å². The highest BCUT2D eigenvalue weighted by molar-refractivity contribution is 5.94. The lowest BCUT2D eigenvalue weighted by Gasteiger charge is -2.05. The maximum Gasteiger partial charge on any atom is 0.337 e. The van der Waals surface area contributed by atoms with Gasteiger partial charge in [0, 0.05) is 0 Å². The summed E-state index contributed by atoms with van der Waals surface area (Å²) in [6, 6.07) is 4.71. The van der Waals surface area contributed by atoms with Crippen molar-refractivity contribution in [2.45, 2.75) is 6.92 Å². The molecule has 0 atom stereocenters. The van der Waals surface area contributed by atoms with E-state index in [-0.39, 0.29) is 11.3 Å². The molecule has 0 bridgehead atoms. The fourth-order valence-corrected chi connectivity index (χ4v) is 1.04. The molecule has 0 radical (unpaired) electrons. The molecule has 0 unspecified atom stereocenters. The first kappa shape index (κ1) is 9.18. The van der Waals surface area contributed by atoms with Crippen LogP contribution in [-0.4, -0.2) is 11.1 Å². The first-order valence-electron chi connectivity index (χ1n) is 3.58. The number of nitroso groups, excluding NO2 is 1. The number of nitrogens with zero attached hydrogens (tertiary/aromatic N) is 1. The zero-order valence-corrected chi connectivity index (χ0v) is 6.94. The van der Waals surface area contributed by atoms with Crippen molar-refractivity contribution in [2.75, 3.05) is 5.43 Å². The second-order valence-corrected chi connectivity index (χ2v) is 2.51. The Balaban J connectivity index is 3.24. The van der Waals surface area contributed by atoms with Crippen LogP contribution in [0.5, 0.6) is 0 Å². The summed E-state index contributed by atoms with van der Waals surface area (Å²) in [7, 11) is 0. The third kappa shape index (κ3) is 1.81. The van der Waals surface area contributed by atoms with Gasteiger partial charge in [0.2, 0.25) is 0 Å². The van der Waals surface area contributed by atoms with E-state index in [9.17, 15) is 9.70 Å². The van der Waals surface area contributed by atoms with Crippen molar-refractivity contribution in [3.8, 4) is 0 Å². The van der Waals surface area contributed by atoms with Gasteiger partial charge in [-0.15, -0.1) is 4.91 Å². The van der Waals surface area contributed by atoms with Gasteiger partial charge in [0.25, 0.3) is 0 Å². The minimum atomic E-state index is -1.09. The van der Waals surface area contributed by atoms with Gasteiger partial charge in [0.05, 0.1) is 16.5 Å². The van der Waals surface area contributed by atoms with Crippen molar-refractivity contribution in [2.24, 2.45) is 5.29 Å². The summed E-state index contributed by atoms with van der Waals surface area (Å²) < 4.78 is 0. The van der Waals surface area contributed by atoms with Gasteiger partial charge in [-0.05, 0) is 18.6 Å². The number of nitrogens with one attached hydrogen (secondary N) is 1. The molecule has 1 rings (SSSR count). The molecule has 5 nitrogen and oxygen atoms in total.